The summed E-state index contributed by atoms with van der Waals surface area (Å²) in [5, 5.41) is 1.15. The minimum absolute atomic E-state index is 0.109. The maximum atomic E-state index is 11.9. The number of H-pyrrole nitrogens is 1. The van der Waals surface area contributed by atoms with Crippen molar-refractivity contribution in [2.45, 2.75) is 56.2 Å². The summed E-state index contributed by atoms with van der Waals surface area (Å²) in [7, 11) is 0.444. The number of aromatic nitrogens is 1. The number of fused-ring (bicyclic) bond motifs is 1. The molecule has 5 rings (SSSR count). The molecular weight excluding hydrogens is 690 g/mol. The number of carbonyl (C=O) groups excluding carboxylic acids is 2. The van der Waals surface area contributed by atoms with Gasteiger partial charge in [0.1, 0.15) is 8.07 Å². The Bertz CT molecular complexity index is 1410. The normalized spacial score (nSPS) is 15.6. The Hall–Kier alpha value is -2.32. The summed E-state index contributed by atoms with van der Waals surface area (Å²) in [5.41, 5.74) is 13.1. The van der Waals surface area contributed by atoms with Gasteiger partial charge in [-0.05, 0) is 72.5 Å². The third-order valence-electron chi connectivity index (χ3n) is 6.94. The van der Waals surface area contributed by atoms with Crippen LogP contribution in [-0.4, -0.2) is 46.4 Å². The van der Waals surface area contributed by atoms with Crippen LogP contribution in [0.3, 0.4) is 0 Å². The summed E-state index contributed by atoms with van der Waals surface area (Å²) in [5.74, 6) is 2.92. The summed E-state index contributed by atoms with van der Waals surface area (Å²) < 4.78 is 25.3. The molecule has 1 heterocycles. The van der Waals surface area contributed by atoms with Gasteiger partial charge >= 0.3 is 45.0 Å². The number of nitrogen functional groups attached to an aromatic ring is 1. The van der Waals surface area contributed by atoms with E-state index in [0.29, 0.717) is 5.69 Å². The zero-order valence-corrected chi connectivity index (χ0v) is 27.5. The fourth-order valence-corrected chi connectivity index (χ4v) is 4.94. The molecule has 2 aliphatic rings. The number of ether oxygens (including phenoxy) is 2. The molecule has 1 aromatic heterocycles. The van der Waals surface area contributed by atoms with Gasteiger partial charge < -0.3 is 20.2 Å². The Morgan fingerprint density at radius 1 is 1.00 bits per heavy atom. The maximum absolute atomic E-state index is 11.9. The topological polar surface area (TPSA) is 94.4 Å². The van der Waals surface area contributed by atoms with E-state index in [4.69, 9.17) is 16.6 Å². The van der Waals surface area contributed by atoms with E-state index in [1.807, 2.05) is 42.6 Å². The molecule has 10 heteroatoms. The first-order valence-corrected chi connectivity index (χ1v) is 19.1. The van der Waals surface area contributed by atoms with E-state index in [-0.39, 0.29) is 17.4 Å². The van der Waals surface area contributed by atoms with Crippen molar-refractivity contribution in [2.75, 3.05) is 27.1 Å². The molecule has 0 atom stereocenters. The van der Waals surface area contributed by atoms with Crippen LogP contribution in [0.1, 0.15) is 43.7 Å². The van der Waals surface area contributed by atoms with Gasteiger partial charge in [-0.15, -0.1) is 5.54 Å². The standard InChI is InChI=1S/C16H21NO2Si.C13H13NO2.CH3F.Cu.HI/c1-19-15(18)16(8-9-16)13-5-6-14(17)12(11-13)7-10-20(2,3)4;1-16-12(15)13(5-6-13)10-2-3-11-9(8-10)4-7-14-11;1-2;;/h5-6,11H,8-9,17H2,1-4H3;2-4,7-8,14H,5-6H2,1H3;1H3;;1H/q;;;+1;/p-1/i;;1D;;. The van der Waals surface area contributed by atoms with Crippen molar-refractivity contribution < 1.29 is 37.6 Å². The quantitative estimate of drug-likeness (QED) is 0.105. The molecule has 220 valence electrons. The van der Waals surface area contributed by atoms with Gasteiger partial charge in [0.25, 0.3) is 0 Å². The number of anilines is 1. The van der Waals surface area contributed by atoms with Crippen molar-refractivity contribution in [3.8, 4) is 11.5 Å². The molecule has 2 aromatic carbocycles. The Morgan fingerprint density at radius 3 is 1.98 bits per heavy atom. The SMILES string of the molecule is COC(=O)C1(c2ccc(N)c(C#C[Si](C)(C)C)c2)CC1.COC(=O)C1(c2ccc3[nH]ccc3c2)CC1.[2H]CF.[Cu][I]. The molecule has 0 amide bonds. The summed E-state index contributed by atoms with van der Waals surface area (Å²) in [4.78, 5) is 26.8. The molecule has 3 N–H and O–H groups in total. The van der Waals surface area contributed by atoms with E-state index in [1.165, 1.54) is 14.2 Å². The van der Waals surface area contributed by atoms with Crippen LogP contribution in [-0.2, 0) is 42.7 Å². The molecule has 40 heavy (non-hydrogen) atoms. The second-order valence-corrected chi connectivity index (χ2v) is 15.5. The van der Waals surface area contributed by atoms with Gasteiger partial charge in [-0.25, -0.2) is 0 Å². The number of esters is 2. The molecule has 0 bridgehead atoms. The number of hydrogen-bond donors (Lipinski definition) is 2. The molecule has 2 fully saturated rings. The van der Waals surface area contributed by atoms with Crippen molar-refractivity contribution in [1.82, 2.24) is 4.98 Å². The van der Waals surface area contributed by atoms with E-state index >= 15 is 0 Å². The average Bonchev–Trinajstić information content (AvgIpc) is 3.89. The van der Waals surface area contributed by atoms with Gasteiger partial charge in [-0.3, -0.25) is 14.0 Å². The second kappa shape index (κ2) is 14.5. The van der Waals surface area contributed by atoms with Gasteiger partial charge in [0.2, 0.25) is 0 Å². The fraction of sp³-hybridized carbons (Fsp3) is 0.400. The van der Waals surface area contributed by atoms with Gasteiger partial charge in [-0.1, -0.05) is 37.7 Å². The van der Waals surface area contributed by atoms with Crippen molar-refractivity contribution in [3.05, 3.63) is 65.4 Å². The first kappa shape index (κ1) is 32.2. The van der Waals surface area contributed by atoms with Crippen LogP contribution in [0.25, 0.3) is 10.9 Å². The number of rotatable bonds is 4. The van der Waals surface area contributed by atoms with E-state index < -0.39 is 20.6 Å². The van der Waals surface area contributed by atoms with Crippen molar-refractivity contribution in [1.29, 1.82) is 0 Å². The van der Waals surface area contributed by atoms with Gasteiger partial charge in [0.15, 0.2) is 0 Å². The first-order chi connectivity index (χ1) is 19.5. The summed E-state index contributed by atoms with van der Waals surface area (Å²) in [6, 6.07) is 13.8. The summed E-state index contributed by atoms with van der Waals surface area (Å²) in [6.45, 7) is 6.57. The summed E-state index contributed by atoms with van der Waals surface area (Å²) >= 11 is 5.87. The van der Waals surface area contributed by atoms with Gasteiger partial charge in [0, 0.05) is 23.0 Å². The molecule has 3 aromatic rings. The van der Waals surface area contributed by atoms with E-state index in [9.17, 15) is 14.0 Å². The molecular formula is C30H37CuFIN2O4Si. The van der Waals surface area contributed by atoms with Crippen LogP contribution in [0.4, 0.5) is 10.1 Å². The number of methoxy groups -OCH3 is 2. The Balaban J connectivity index is 0.000000252. The van der Waals surface area contributed by atoms with Crippen LogP contribution < -0.4 is 5.73 Å². The molecule has 6 nitrogen and oxygen atoms in total. The average molecular weight is 728 g/mol. The zero-order valence-electron chi connectivity index (χ0n) is 24.4. The molecule has 0 unspecified atom stereocenters. The Labute approximate surface area is 258 Å². The molecule has 0 spiro atoms. The minimum atomic E-state index is -1.45. The molecule has 0 saturated heterocycles. The Morgan fingerprint density at radius 2 is 1.50 bits per heavy atom. The van der Waals surface area contributed by atoms with Crippen LogP contribution in [0.2, 0.25) is 19.6 Å². The molecule has 0 radical (unpaired) electrons. The zero-order chi connectivity index (χ0) is 30.8. The number of halogens is 2. The number of nitrogens with two attached hydrogens (primary N) is 1. The summed E-state index contributed by atoms with van der Waals surface area (Å²) in [6.07, 6.45) is 5.38. The molecule has 2 saturated carbocycles. The molecule has 0 aliphatic heterocycles. The first-order valence-electron chi connectivity index (χ1n) is 13.3. The van der Waals surface area contributed by atoms with Crippen LogP contribution in [0.5, 0.6) is 0 Å². The van der Waals surface area contributed by atoms with Crippen LogP contribution in [0.15, 0.2) is 48.7 Å². The van der Waals surface area contributed by atoms with E-state index in [0.717, 1.165) is 53.3 Å². The van der Waals surface area contributed by atoms with Crippen molar-refractivity contribution in [3.63, 3.8) is 0 Å². The van der Waals surface area contributed by atoms with Crippen LogP contribution >= 0.6 is 20.3 Å². The fourth-order valence-electron chi connectivity index (χ4n) is 4.43. The second-order valence-electron chi connectivity index (χ2n) is 10.7. The van der Waals surface area contributed by atoms with Gasteiger partial charge in [0.05, 0.1) is 33.6 Å². The van der Waals surface area contributed by atoms with Crippen molar-refractivity contribution in [2.24, 2.45) is 0 Å². The van der Waals surface area contributed by atoms with Crippen molar-refractivity contribution >= 4 is 56.9 Å². The predicted octanol–water partition coefficient (Wildman–Crippen LogP) is 6.54. The van der Waals surface area contributed by atoms with Crippen LogP contribution in [0, 0.1) is 11.5 Å². The number of hydrogen-bond acceptors (Lipinski definition) is 5. The predicted molar refractivity (Wildman–Crippen MR) is 166 cm³/mol. The van der Waals surface area contributed by atoms with E-state index in [1.54, 1.807) is 20.3 Å². The number of nitrogens with one attached hydrogen (secondary N) is 1. The number of aromatic amines is 1. The molecule has 2 aliphatic carbocycles. The third-order valence-corrected chi connectivity index (χ3v) is 7.81. The number of alkyl halides is 1. The van der Waals surface area contributed by atoms with E-state index in [2.05, 4.69) is 54.9 Å². The number of benzene rings is 2. The Kier molecular flexibility index (Phi) is 11.7. The third kappa shape index (κ3) is 7.90. The number of carbonyl (C=O) groups is 2. The monoisotopic (exact) mass is 727 g/mol. The van der Waals surface area contributed by atoms with Gasteiger partial charge in [-0.2, -0.15) is 0 Å².